The van der Waals surface area contributed by atoms with E-state index in [9.17, 15) is 8.42 Å². The van der Waals surface area contributed by atoms with Gasteiger partial charge in [-0.05, 0) is 25.5 Å². The van der Waals surface area contributed by atoms with Gasteiger partial charge in [-0.1, -0.05) is 30.3 Å². The Morgan fingerprint density at radius 3 is 2.44 bits per heavy atom. The molecule has 0 aliphatic rings. The maximum absolute atomic E-state index is 11.0. The average Bonchev–Trinajstić information content (AvgIpc) is 2.16. The van der Waals surface area contributed by atoms with E-state index < -0.39 is 9.84 Å². The van der Waals surface area contributed by atoms with Crippen LogP contribution in [-0.4, -0.2) is 33.0 Å². The summed E-state index contributed by atoms with van der Waals surface area (Å²) < 4.78 is 22.1. The molecule has 90 valence electrons. The molecule has 4 heteroatoms. The summed E-state index contributed by atoms with van der Waals surface area (Å²) in [5, 5.41) is 3.21. The van der Waals surface area contributed by atoms with Crippen LogP contribution in [0.3, 0.4) is 0 Å². The maximum atomic E-state index is 11.0. The number of benzene rings is 1. The molecular weight excluding hydrogens is 222 g/mol. The number of rotatable bonds is 6. The molecule has 0 fully saturated rings. The minimum Gasteiger partial charge on any atom is -0.313 e. The van der Waals surface area contributed by atoms with Gasteiger partial charge in [0, 0.05) is 12.3 Å². The van der Waals surface area contributed by atoms with E-state index in [1.165, 1.54) is 11.8 Å². The Morgan fingerprint density at radius 1 is 1.25 bits per heavy atom. The molecule has 1 atom stereocenters. The first-order valence-electron chi connectivity index (χ1n) is 5.42. The topological polar surface area (TPSA) is 46.2 Å². The lowest BCUT2D eigenvalue weighted by molar-refractivity contribution is 0.562. The van der Waals surface area contributed by atoms with Crippen molar-refractivity contribution in [2.24, 2.45) is 0 Å². The Bertz CT molecular complexity index is 400. The Balaban J connectivity index is 2.26. The first-order valence-corrected chi connectivity index (χ1v) is 7.48. The Hall–Kier alpha value is -0.870. The van der Waals surface area contributed by atoms with E-state index in [-0.39, 0.29) is 11.8 Å². The largest absolute Gasteiger partial charge is 0.313 e. The van der Waals surface area contributed by atoms with Crippen molar-refractivity contribution < 1.29 is 8.42 Å². The van der Waals surface area contributed by atoms with Crippen LogP contribution in [0.5, 0.6) is 0 Å². The summed E-state index contributed by atoms with van der Waals surface area (Å²) in [5.41, 5.74) is 1.27. The molecule has 3 nitrogen and oxygen atoms in total. The minimum absolute atomic E-state index is 0.0127. The molecule has 16 heavy (non-hydrogen) atoms. The Morgan fingerprint density at radius 2 is 1.88 bits per heavy atom. The molecule has 0 aliphatic heterocycles. The molecule has 0 aliphatic carbocycles. The quantitative estimate of drug-likeness (QED) is 0.815. The molecule has 0 saturated heterocycles. The zero-order valence-electron chi connectivity index (χ0n) is 9.81. The average molecular weight is 241 g/mol. The van der Waals surface area contributed by atoms with E-state index >= 15 is 0 Å². The van der Waals surface area contributed by atoms with Crippen molar-refractivity contribution in [3.05, 3.63) is 35.9 Å². The highest BCUT2D eigenvalue weighted by atomic mass is 32.2. The molecule has 0 spiro atoms. The number of sulfone groups is 1. The van der Waals surface area contributed by atoms with Crippen molar-refractivity contribution in [2.45, 2.75) is 19.4 Å². The Labute approximate surface area is 97.8 Å². The van der Waals surface area contributed by atoms with Gasteiger partial charge in [-0.15, -0.1) is 0 Å². The monoisotopic (exact) mass is 241 g/mol. The molecule has 0 bridgehead atoms. The second-order valence-electron chi connectivity index (χ2n) is 4.18. The molecule has 1 aromatic carbocycles. The number of nitrogens with one attached hydrogen (secondary N) is 1. The first-order chi connectivity index (χ1) is 7.47. The summed E-state index contributed by atoms with van der Waals surface area (Å²) in [6.07, 6.45) is 2.19. The van der Waals surface area contributed by atoms with E-state index in [1.54, 1.807) is 0 Å². The van der Waals surface area contributed by atoms with Gasteiger partial charge in [0.1, 0.15) is 9.84 Å². The second-order valence-corrected chi connectivity index (χ2v) is 6.37. The molecule has 1 unspecified atom stereocenters. The van der Waals surface area contributed by atoms with Crippen LogP contribution in [0.2, 0.25) is 0 Å². The van der Waals surface area contributed by atoms with Gasteiger partial charge in [0.05, 0.1) is 5.75 Å². The van der Waals surface area contributed by atoms with Crippen molar-refractivity contribution in [1.82, 2.24) is 5.32 Å². The van der Waals surface area contributed by atoms with Crippen LogP contribution in [0.4, 0.5) is 0 Å². The lowest BCUT2D eigenvalue weighted by atomic mass is 10.1. The highest BCUT2D eigenvalue weighted by molar-refractivity contribution is 7.90. The molecule has 1 N–H and O–H groups in total. The van der Waals surface area contributed by atoms with Gasteiger partial charge >= 0.3 is 0 Å². The lowest BCUT2D eigenvalue weighted by Crippen LogP contribution is -2.34. The summed E-state index contributed by atoms with van der Waals surface area (Å²) in [7, 11) is -2.88. The van der Waals surface area contributed by atoms with Crippen LogP contribution in [0.1, 0.15) is 12.5 Å². The second kappa shape index (κ2) is 6.01. The van der Waals surface area contributed by atoms with Crippen LogP contribution < -0.4 is 5.32 Å². The number of hydrogen-bond donors (Lipinski definition) is 1. The Kier molecular flexibility index (Phi) is 4.96. The highest BCUT2D eigenvalue weighted by Crippen LogP contribution is 1.99. The van der Waals surface area contributed by atoms with Gasteiger partial charge in [0.15, 0.2) is 0 Å². The molecule has 1 rings (SSSR count). The summed E-state index contributed by atoms with van der Waals surface area (Å²) in [6, 6.07) is 10.2. The van der Waals surface area contributed by atoms with Crippen molar-refractivity contribution in [2.75, 3.05) is 18.6 Å². The smallest absolute Gasteiger partial charge is 0.148 e. The summed E-state index contributed by atoms with van der Waals surface area (Å²) >= 11 is 0. The SMILES string of the molecule is CC(CS(C)(=O)=O)NCCc1ccccc1. The zero-order valence-corrected chi connectivity index (χ0v) is 10.6. The molecule has 0 heterocycles. The van der Waals surface area contributed by atoms with Crippen molar-refractivity contribution in [1.29, 1.82) is 0 Å². The van der Waals surface area contributed by atoms with E-state index in [0.717, 1.165) is 13.0 Å². The van der Waals surface area contributed by atoms with Crippen LogP contribution >= 0.6 is 0 Å². The fourth-order valence-electron chi connectivity index (χ4n) is 1.62. The molecule has 0 radical (unpaired) electrons. The third-order valence-electron chi connectivity index (χ3n) is 2.30. The fourth-order valence-corrected chi connectivity index (χ4v) is 2.65. The summed E-state index contributed by atoms with van der Waals surface area (Å²) in [5.74, 6) is 0.196. The third-order valence-corrected chi connectivity index (χ3v) is 3.41. The molecule has 1 aromatic rings. The van der Waals surface area contributed by atoms with Crippen LogP contribution in [0.15, 0.2) is 30.3 Å². The fraction of sp³-hybridized carbons (Fsp3) is 0.500. The molecule has 0 amide bonds. The van der Waals surface area contributed by atoms with Crippen LogP contribution in [0, 0.1) is 0 Å². The van der Waals surface area contributed by atoms with Crippen LogP contribution in [-0.2, 0) is 16.3 Å². The normalized spacial score (nSPS) is 13.6. The van der Waals surface area contributed by atoms with E-state index in [4.69, 9.17) is 0 Å². The van der Waals surface area contributed by atoms with Gasteiger partial charge in [-0.2, -0.15) is 0 Å². The molecular formula is C12H19NO2S. The van der Waals surface area contributed by atoms with E-state index in [2.05, 4.69) is 17.4 Å². The standard InChI is InChI=1S/C12H19NO2S/c1-11(10-16(2,14)15)13-9-8-12-6-4-3-5-7-12/h3-7,11,13H,8-10H2,1-2H3. The summed E-state index contributed by atoms with van der Waals surface area (Å²) in [6.45, 7) is 2.70. The molecule has 0 aromatic heterocycles. The highest BCUT2D eigenvalue weighted by Gasteiger charge is 2.09. The summed E-state index contributed by atoms with van der Waals surface area (Å²) in [4.78, 5) is 0. The van der Waals surface area contributed by atoms with Gasteiger partial charge in [0.25, 0.3) is 0 Å². The molecule has 0 saturated carbocycles. The number of hydrogen-bond acceptors (Lipinski definition) is 3. The van der Waals surface area contributed by atoms with Crippen molar-refractivity contribution in [3.8, 4) is 0 Å². The van der Waals surface area contributed by atoms with Crippen LogP contribution in [0.25, 0.3) is 0 Å². The minimum atomic E-state index is -2.88. The van der Waals surface area contributed by atoms with Crippen molar-refractivity contribution in [3.63, 3.8) is 0 Å². The van der Waals surface area contributed by atoms with E-state index in [1.807, 2.05) is 25.1 Å². The van der Waals surface area contributed by atoms with Gasteiger partial charge < -0.3 is 5.32 Å². The zero-order chi connectivity index (χ0) is 12.0. The maximum Gasteiger partial charge on any atom is 0.148 e. The first kappa shape index (κ1) is 13.2. The lowest BCUT2D eigenvalue weighted by Gasteiger charge is -2.12. The van der Waals surface area contributed by atoms with Crippen molar-refractivity contribution >= 4 is 9.84 Å². The van der Waals surface area contributed by atoms with Gasteiger partial charge in [0.2, 0.25) is 0 Å². The van der Waals surface area contributed by atoms with E-state index in [0.29, 0.717) is 0 Å². The van der Waals surface area contributed by atoms with Gasteiger partial charge in [-0.3, -0.25) is 0 Å². The predicted molar refractivity (Wildman–Crippen MR) is 67.3 cm³/mol. The van der Waals surface area contributed by atoms with Gasteiger partial charge in [-0.25, -0.2) is 8.42 Å². The predicted octanol–water partition coefficient (Wildman–Crippen LogP) is 1.25. The third kappa shape index (κ3) is 5.88.